The fourth-order valence-electron chi connectivity index (χ4n) is 2.43. The summed E-state index contributed by atoms with van der Waals surface area (Å²) in [5, 5.41) is 3.78. The van der Waals surface area contributed by atoms with Crippen molar-refractivity contribution in [3.8, 4) is 0 Å². The zero-order valence-electron chi connectivity index (χ0n) is 11.8. The first-order valence-electron chi connectivity index (χ1n) is 7.03. The SMILES string of the molecule is COC(=O)C[C@H](NC(=O)c1cc2ccccc2o1)C1CC1. The molecule has 1 aromatic heterocycles. The molecule has 1 aliphatic rings. The van der Waals surface area contributed by atoms with Crippen LogP contribution in [0.4, 0.5) is 0 Å². The second-order valence-corrected chi connectivity index (χ2v) is 5.35. The first-order valence-corrected chi connectivity index (χ1v) is 7.03. The summed E-state index contributed by atoms with van der Waals surface area (Å²) in [6.45, 7) is 0. The van der Waals surface area contributed by atoms with Crippen molar-refractivity contribution >= 4 is 22.8 Å². The van der Waals surface area contributed by atoms with Gasteiger partial charge in [0.05, 0.1) is 13.5 Å². The van der Waals surface area contributed by atoms with Crippen LogP contribution in [0.2, 0.25) is 0 Å². The molecule has 0 saturated heterocycles. The molecule has 1 atom stereocenters. The summed E-state index contributed by atoms with van der Waals surface area (Å²) < 4.78 is 10.2. The molecule has 21 heavy (non-hydrogen) atoms. The van der Waals surface area contributed by atoms with Crippen molar-refractivity contribution in [2.75, 3.05) is 7.11 Å². The van der Waals surface area contributed by atoms with Crippen LogP contribution in [0.5, 0.6) is 0 Å². The minimum Gasteiger partial charge on any atom is -0.469 e. The number of amides is 1. The van der Waals surface area contributed by atoms with Gasteiger partial charge in [-0.3, -0.25) is 9.59 Å². The number of benzene rings is 1. The predicted molar refractivity (Wildman–Crippen MR) is 76.8 cm³/mol. The van der Waals surface area contributed by atoms with Gasteiger partial charge in [0.15, 0.2) is 5.76 Å². The molecule has 0 aliphatic heterocycles. The lowest BCUT2D eigenvalue weighted by Gasteiger charge is -2.16. The third-order valence-electron chi connectivity index (χ3n) is 3.77. The fraction of sp³-hybridized carbons (Fsp3) is 0.375. The Morgan fingerprint density at radius 2 is 2.14 bits per heavy atom. The zero-order valence-corrected chi connectivity index (χ0v) is 11.8. The van der Waals surface area contributed by atoms with Crippen LogP contribution >= 0.6 is 0 Å². The van der Waals surface area contributed by atoms with E-state index in [0.717, 1.165) is 18.2 Å². The number of fused-ring (bicyclic) bond motifs is 1. The van der Waals surface area contributed by atoms with E-state index in [1.807, 2.05) is 24.3 Å². The maximum Gasteiger partial charge on any atom is 0.307 e. The van der Waals surface area contributed by atoms with E-state index < -0.39 is 0 Å². The molecule has 1 amide bonds. The number of esters is 1. The standard InChI is InChI=1S/C16H17NO4/c1-20-15(18)9-12(10-6-7-10)17-16(19)14-8-11-4-2-3-5-13(11)21-14/h2-5,8,10,12H,6-7,9H2,1H3,(H,17,19)/t12-/m0/s1. The zero-order chi connectivity index (χ0) is 14.8. The van der Waals surface area contributed by atoms with E-state index >= 15 is 0 Å². The van der Waals surface area contributed by atoms with Crippen LogP contribution in [0.1, 0.15) is 29.8 Å². The highest BCUT2D eigenvalue weighted by molar-refractivity contribution is 5.96. The van der Waals surface area contributed by atoms with Crippen molar-refractivity contribution in [1.82, 2.24) is 5.32 Å². The smallest absolute Gasteiger partial charge is 0.307 e. The lowest BCUT2D eigenvalue weighted by molar-refractivity contribution is -0.141. The van der Waals surface area contributed by atoms with E-state index in [1.54, 1.807) is 6.07 Å². The van der Waals surface area contributed by atoms with E-state index in [4.69, 9.17) is 4.42 Å². The van der Waals surface area contributed by atoms with Gasteiger partial charge < -0.3 is 14.5 Å². The molecule has 0 radical (unpaired) electrons. The van der Waals surface area contributed by atoms with Crippen molar-refractivity contribution < 1.29 is 18.7 Å². The van der Waals surface area contributed by atoms with E-state index in [-0.39, 0.29) is 30.1 Å². The van der Waals surface area contributed by atoms with Crippen LogP contribution in [0.3, 0.4) is 0 Å². The molecule has 1 N–H and O–H groups in total. The Morgan fingerprint density at radius 1 is 1.38 bits per heavy atom. The van der Waals surface area contributed by atoms with Crippen LogP contribution in [0, 0.1) is 5.92 Å². The molecule has 1 fully saturated rings. The van der Waals surface area contributed by atoms with Gasteiger partial charge in [-0.25, -0.2) is 0 Å². The third-order valence-corrected chi connectivity index (χ3v) is 3.77. The lowest BCUT2D eigenvalue weighted by Crippen LogP contribution is -2.38. The monoisotopic (exact) mass is 287 g/mol. The number of methoxy groups -OCH3 is 1. The van der Waals surface area contributed by atoms with Gasteiger partial charge in [0.1, 0.15) is 5.58 Å². The highest BCUT2D eigenvalue weighted by Gasteiger charge is 2.34. The predicted octanol–water partition coefficient (Wildman–Crippen LogP) is 2.50. The molecule has 0 bridgehead atoms. The molecule has 5 nitrogen and oxygen atoms in total. The lowest BCUT2D eigenvalue weighted by atomic mass is 10.1. The number of hydrogen-bond donors (Lipinski definition) is 1. The minimum atomic E-state index is -0.309. The number of para-hydroxylation sites is 1. The van der Waals surface area contributed by atoms with Crippen molar-refractivity contribution in [3.63, 3.8) is 0 Å². The average molecular weight is 287 g/mol. The van der Waals surface area contributed by atoms with E-state index in [2.05, 4.69) is 10.1 Å². The molecule has 1 aromatic carbocycles. The Morgan fingerprint density at radius 3 is 2.81 bits per heavy atom. The van der Waals surface area contributed by atoms with Crippen LogP contribution < -0.4 is 5.32 Å². The number of hydrogen-bond acceptors (Lipinski definition) is 4. The molecule has 1 aliphatic carbocycles. The summed E-state index contributed by atoms with van der Waals surface area (Å²) in [7, 11) is 1.35. The van der Waals surface area contributed by atoms with Crippen LogP contribution in [-0.4, -0.2) is 25.0 Å². The summed E-state index contributed by atoms with van der Waals surface area (Å²) in [6.07, 6.45) is 2.26. The number of carbonyl (C=O) groups excluding carboxylic acids is 2. The van der Waals surface area contributed by atoms with Crippen LogP contribution in [0.25, 0.3) is 11.0 Å². The van der Waals surface area contributed by atoms with Gasteiger partial charge in [-0.2, -0.15) is 0 Å². The molecule has 5 heteroatoms. The Kier molecular flexibility index (Phi) is 3.64. The third kappa shape index (κ3) is 3.07. The van der Waals surface area contributed by atoms with E-state index in [9.17, 15) is 9.59 Å². The van der Waals surface area contributed by atoms with Gasteiger partial charge >= 0.3 is 5.97 Å². The molecule has 3 rings (SSSR count). The first kappa shape index (κ1) is 13.7. The number of rotatable bonds is 5. The number of nitrogens with one attached hydrogen (secondary N) is 1. The largest absolute Gasteiger partial charge is 0.469 e. The second-order valence-electron chi connectivity index (χ2n) is 5.35. The molecule has 0 spiro atoms. The number of carbonyl (C=O) groups is 2. The molecule has 2 aromatic rings. The highest BCUT2D eigenvalue weighted by atomic mass is 16.5. The van der Waals surface area contributed by atoms with E-state index in [1.165, 1.54) is 7.11 Å². The van der Waals surface area contributed by atoms with Crippen LogP contribution in [-0.2, 0) is 9.53 Å². The van der Waals surface area contributed by atoms with Crippen molar-refractivity contribution in [3.05, 3.63) is 36.1 Å². The first-order chi connectivity index (χ1) is 10.2. The normalized spacial score (nSPS) is 15.7. The second kappa shape index (κ2) is 5.60. The summed E-state index contributed by atoms with van der Waals surface area (Å²) >= 11 is 0. The van der Waals surface area contributed by atoms with Gasteiger partial charge in [-0.15, -0.1) is 0 Å². The Balaban J connectivity index is 1.72. The Bertz CT molecular complexity index is 639. The fourth-order valence-corrected chi connectivity index (χ4v) is 2.43. The minimum absolute atomic E-state index is 0.182. The quantitative estimate of drug-likeness (QED) is 0.858. The molecular formula is C16H17NO4. The van der Waals surface area contributed by atoms with Gasteiger partial charge in [-0.05, 0) is 30.9 Å². The number of ether oxygens (including phenoxy) is 1. The molecule has 110 valence electrons. The van der Waals surface area contributed by atoms with Gasteiger partial charge in [0.25, 0.3) is 5.91 Å². The van der Waals surface area contributed by atoms with Gasteiger partial charge in [-0.1, -0.05) is 18.2 Å². The average Bonchev–Trinajstić information content (AvgIpc) is 3.24. The van der Waals surface area contributed by atoms with Crippen LogP contribution in [0.15, 0.2) is 34.7 Å². The van der Waals surface area contributed by atoms with Gasteiger partial charge in [0.2, 0.25) is 0 Å². The summed E-state index contributed by atoms with van der Waals surface area (Å²) in [5.41, 5.74) is 0.679. The summed E-state index contributed by atoms with van der Waals surface area (Å²) in [6, 6.07) is 8.99. The molecule has 0 unspecified atom stereocenters. The summed E-state index contributed by atoms with van der Waals surface area (Å²) in [4.78, 5) is 23.7. The molecule has 1 saturated carbocycles. The Labute approximate surface area is 122 Å². The number of furan rings is 1. The Hall–Kier alpha value is -2.30. The highest BCUT2D eigenvalue weighted by Crippen LogP contribution is 2.34. The van der Waals surface area contributed by atoms with Gasteiger partial charge in [0, 0.05) is 11.4 Å². The maximum absolute atomic E-state index is 12.3. The van der Waals surface area contributed by atoms with Crippen molar-refractivity contribution in [2.45, 2.75) is 25.3 Å². The van der Waals surface area contributed by atoms with E-state index in [0.29, 0.717) is 11.5 Å². The molecular weight excluding hydrogens is 270 g/mol. The topological polar surface area (TPSA) is 68.5 Å². The van der Waals surface area contributed by atoms with Crippen molar-refractivity contribution in [2.24, 2.45) is 5.92 Å². The van der Waals surface area contributed by atoms with Crippen molar-refractivity contribution in [1.29, 1.82) is 0 Å². The maximum atomic E-state index is 12.3. The summed E-state index contributed by atoms with van der Waals surface area (Å²) in [5.74, 6) is 0.0351. The molecule has 1 heterocycles.